The van der Waals surface area contributed by atoms with Crippen molar-refractivity contribution in [1.82, 2.24) is 4.72 Å². The molecule has 0 spiro atoms. The zero-order valence-electron chi connectivity index (χ0n) is 15.8. The van der Waals surface area contributed by atoms with Crippen molar-refractivity contribution in [3.05, 3.63) is 53.6 Å². The zero-order valence-corrected chi connectivity index (χ0v) is 16.6. The van der Waals surface area contributed by atoms with Gasteiger partial charge in [-0.3, -0.25) is 9.59 Å². The normalized spacial score (nSPS) is 11.0. The van der Waals surface area contributed by atoms with Gasteiger partial charge in [0.1, 0.15) is 12.3 Å². The standard InChI is InChI=1S/C19H22N2O6S/c1-13-8-9-14(2)17(10-13)28(24,25)20-11-19(23)27-12-18(22)21-15-6-4-5-7-16(15)26-3/h4-10,20H,11-12H2,1-3H3,(H,21,22). The zero-order chi connectivity index (χ0) is 20.7. The van der Waals surface area contributed by atoms with Gasteiger partial charge in [0.2, 0.25) is 10.0 Å². The van der Waals surface area contributed by atoms with Gasteiger partial charge >= 0.3 is 5.97 Å². The quantitative estimate of drug-likeness (QED) is 0.647. The molecule has 0 aliphatic heterocycles. The number of nitrogens with one attached hydrogen (secondary N) is 2. The fraction of sp³-hybridized carbons (Fsp3) is 0.263. The molecule has 0 aromatic heterocycles. The number of carbonyl (C=O) groups excluding carboxylic acids is 2. The van der Waals surface area contributed by atoms with Gasteiger partial charge in [-0.1, -0.05) is 24.3 Å². The van der Waals surface area contributed by atoms with Crippen LogP contribution >= 0.6 is 0 Å². The molecule has 0 unspecified atom stereocenters. The topological polar surface area (TPSA) is 111 Å². The minimum absolute atomic E-state index is 0.0919. The molecule has 2 aromatic carbocycles. The summed E-state index contributed by atoms with van der Waals surface area (Å²) in [5.41, 5.74) is 1.77. The van der Waals surface area contributed by atoms with Crippen LogP contribution in [-0.2, 0) is 24.3 Å². The van der Waals surface area contributed by atoms with Crippen molar-refractivity contribution in [2.75, 3.05) is 25.6 Å². The molecule has 2 rings (SSSR count). The fourth-order valence-corrected chi connectivity index (χ4v) is 3.66. The molecule has 0 atom stereocenters. The highest BCUT2D eigenvalue weighted by Gasteiger charge is 2.19. The summed E-state index contributed by atoms with van der Waals surface area (Å²) in [6.07, 6.45) is 0. The maximum atomic E-state index is 12.3. The second-order valence-electron chi connectivity index (χ2n) is 6.00. The van der Waals surface area contributed by atoms with E-state index in [1.807, 2.05) is 0 Å². The third-order valence-electron chi connectivity index (χ3n) is 3.79. The van der Waals surface area contributed by atoms with Gasteiger partial charge in [-0.15, -0.1) is 0 Å². The van der Waals surface area contributed by atoms with Crippen LogP contribution in [0.5, 0.6) is 5.75 Å². The summed E-state index contributed by atoms with van der Waals surface area (Å²) < 4.78 is 36.8. The number of esters is 1. The van der Waals surface area contributed by atoms with Crippen LogP contribution in [0.2, 0.25) is 0 Å². The number of aryl methyl sites for hydroxylation is 2. The van der Waals surface area contributed by atoms with Gasteiger partial charge in [0.15, 0.2) is 6.61 Å². The summed E-state index contributed by atoms with van der Waals surface area (Å²) in [7, 11) is -2.41. The van der Waals surface area contributed by atoms with E-state index in [0.717, 1.165) is 5.56 Å². The van der Waals surface area contributed by atoms with Crippen LogP contribution in [0.4, 0.5) is 5.69 Å². The molecule has 150 valence electrons. The number of amides is 1. The Labute approximate surface area is 163 Å². The van der Waals surface area contributed by atoms with Crippen molar-refractivity contribution in [3.63, 3.8) is 0 Å². The van der Waals surface area contributed by atoms with Crippen LogP contribution in [0.3, 0.4) is 0 Å². The average Bonchev–Trinajstić information content (AvgIpc) is 2.67. The van der Waals surface area contributed by atoms with Gasteiger partial charge in [-0.25, -0.2) is 8.42 Å². The Hall–Kier alpha value is -2.91. The SMILES string of the molecule is COc1ccccc1NC(=O)COC(=O)CNS(=O)(=O)c1cc(C)ccc1C. The Kier molecular flexibility index (Phi) is 7.13. The first-order chi connectivity index (χ1) is 13.2. The fourth-order valence-electron chi connectivity index (χ4n) is 2.36. The van der Waals surface area contributed by atoms with Crippen LogP contribution in [0, 0.1) is 13.8 Å². The molecule has 2 aromatic rings. The summed E-state index contributed by atoms with van der Waals surface area (Å²) in [4.78, 5) is 23.8. The molecule has 0 heterocycles. The van der Waals surface area contributed by atoms with Crippen LogP contribution in [0.1, 0.15) is 11.1 Å². The summed E-state index contributed by atoms with van der Waals surface area (Å²) >= 11 is 0. The van der Waals surface area contributed by atoms with Gasteiger partial charge in [0.25, 0.3) is 5.91 Å². The van der Waals surface area contributed by atoms with E-state index in [4.69, 9.17) is 9.47 Å². The molecule has 0 aliphatic rings. The van der Waals surface area contributed by atoms with E-state index in [0.29, 0.717) is 17.0 Å². The van der Waals surface area contributed by atoms with E-state index in [9.17, 15) is 18.0 Å². The minimum atomic E-state index is -3.87. The predicted molar refractivity (Wildman–Crippen MR) is 104 cm³/mol. The second kappa shape index (κ2) is 9.34. The van der Waals surface area contributed by atoms with Crippen molar-refractivity contribution < 1.29 is 27.5 Å². The highest BCUT2D eigenvalue weighted by molar-refractivity contribution is 7.89. The molecule has 2 N–H and O–H groups in total. The summed E-state index contributed by atoms with van der Waals surface area (Å²) in [5, 5.41) is 2.55. The molecule has 0 radical (unpaired) electrons. The Morgan fingerprint density at radius 3 is 2.50 bits per heavy atom. The minimum Gasteiger partial charge on any atom is -0.495 e. The number of hydrogen-bond donors (Lipinski definition) is 2. The van der Waals surface area contributed by atoms with Crippen LogP contribution in [-0.4, -0.2) is 40.6 Å². The molecule has 8 nitrogen and oxygen atoms in total. The smallest absolute Gasteiger partial charge is 0.321 e. The predicted octanol–water partition coefficient (Wildman–Crippen LogP) is 1.77. The first-order valence-corrected chi connectivity index (χ1v) is 9.86. The van der Waals surface area contributed by atoms with E-state index < -0.39 is 35.1 Å². The molecule has 1 amide bonds. The van der Waals surface area contributed by atoms with Crippen LogP contribution in [0.15, 0.2) is 47.4 Å². The lowest BCUT2D eigenvalue weighted by Gasteiger charge is -2.11. The maximum absolute atomic E-state index is 12.3. The number of rotatable bonds is 8. The molecular formula is C19H22N2O6S. The largest absolute Gasteiger partial charge is 0.495 e. The van der Waals surface area contributed by atoms with Crippen LogP contribution in [0.25, 0.3) is 0 Å². The maximum Gasteiger partial charge on any atom is 0.321 e. The highest BCUT2D eigenvalue weighted by Crippen LogP contribution is 2.22. The van der Waals surface area contributed by atoms with Crippen molar-refractivity contribution in [3.8, 4) is 5.75 Å². The van der Waals surface area contributed by atoms with Crippen molar-refractivity contribution in [2.45, 2.75) is 18.7 Å². The molecule has 0 bridgehead atoms. The number of carbonyl (C=O) groups is 2. The van der Waals surface area contributed by atoms with Crippen molar-refractivity contribution in [1.29, 1.82) is 0 Å². The lowest BCUT2D eigenvalue weighted by Crippen LogP contribution is -2.32. The van der Waals surface area contributed by atoms with E-state index >= 15 is 0 Å². The third-order valence-corrected chi connectivity index (χ3v) is 5.33. The summed E-state index contributed by atoms with van der Waals surface area (Å²) in [5.74, 6) is -0.984. The Morgan fingerprint density at radius 2 is 1.79 bits per heavy atom. The number of methoxy groups -OCH3 is 1. The number of anilines is 1. The lowest BCUT2D eigenvalue weighted by atomic mass is 10.2. The third kappa shape index (κ3) is 5.80. The van der Waals surface area contributed by atoms with Gasteiger partial charge < -0.3 is 14.8 Å². The Morgan fingerprint density at radius 1 is 1.07 bits per heavy atom. The molecule has 28 heavy (non-hydrogen) atoms. The number of hydrogen-bond acceptors (Lipinski definition) is 6. The van der Waals surface area contributed by atoms with E-state index in [-0.39, 0.29) is 4.90 Å². The van der Waals surface area contributed by atoms with Gasteiger partial charge in [0.05, 0.1) is 17.7 Å². The number of sulfonamides is 1. The average molecular weight is 406 g/mol. The Bertz CT molecular complexity index is 972. The number of para-hydroxylation sites is 2. The van der Waals surface area contributed by atoms with Crippen molar-refractivity contribution >= 4 is 27.6 Å². The van der Waals surface area contributed by atoms with Gasteiger partial charge in [-0.2, -0.15) is 4.72 Å². The summed E-state index contributed by atoms with van der Waals surface area (Å²) in [6, 6.07) is 11.8. The molecular weight excluding hydrogens is 384 g/mol. The molecule has 0 saturated heterocycles. The van der Waals surface area contributed by atoms with Gasteiger partial charge in [-0.05, 0) is 43.2 Å². The molecule has 9 heteroatoms. The Balaban J connectivity index is 1.87. The first kappa shape index (κ1) is 21.4. The molecule has 0 aliphatic carbocycles. The highest BCUT2D eigenvalue weighted by atomic mass is 32.2. The van der Waals surface area contributed by atoms with Crippen molar-refractivity contribution in [2.24, 2.45) is 0 Å². The lowest BCUT2D eigenvalue weighted by molar-refractivity contribution is -0.146. The molecule has 0 saturated carbocycles. The van der Waals surface area contributed by atoms with E-state index in [1.54, 1.807) is 50.2 Å². The first-order valence-electron chi connectivity index (χ1n) is 8.38. The monoisotopic (exact) mass is 406 g/mol. The van der Waals surface area contributed by atoms with Crippen LogP contribution < -0.4 is 14.8 Å². The summed E-state index contributed by atoms with van der Waals surface area (Å²) in [6.45, 7) is 2.29. The number of benzene rings is 2. The van der Waals surface area contributed by atoms with Gasteiger partial charge in [0, 0.05) is 0 Å². The number of ether oxygens (including phenoxy) is 2. The second-order valence-corrected chi connectivity index (χ2v) is 7.74. The van der Waals surface area contributed by atoms with E-state index in [1.165, 1.54) is 13.2 Å². The van der Waals surface area contributed by atoms with E-state index in [2.05, 4.69) is 10.0 Å². The molecule has 0 fully saturated rings.